The van der Waals surface area contributed by atoms with Gasteiger partial charge in [0, 0.05) is 39.6 Å². The van der Waals surface area contributed by atoms with E-state index in [4.69, 9.17) is 4.74 Å². The number of hydrogen-bond acceptors (Lipinski definition) is 3. The summed E-state index contributed by atoms with van der Waals surface area (Å²) in [7, 11) is 5.34. The van der Waals surface area contributed by atoms with Gasteiger partial charge < -0.3 is 19.5 Å². The van der Waals surface area contributed by atoms with Crippen molar-refractivity contribution in [2.45, 2.75) is 13.1 Å². The van der Waals surface area contributed by atoms with Gasteiger partial charge in [0.15, 0.2) is 5.96 Å². The van der Waals surface area contributed by atoms with Crippen molar-refractivity contribution >= 4 is 29.9 Å². The van der Waals surface area contributed by atoms with E-state index in [-0.39, 0.29) is 29.8 Å². The van der Waals surface area contributed by atoms with Gasteiger partial charge in [-0.05, 0) is 35.4 Å². The molecule has 29 heavy (non-hydrogen) atoms. The van der Waals surface area contributed by atoms with Gasteiger partial charge in [-0.1, -0.05) is 18.2 Å². The fourth-order valence-electron chi connectivity index (χ4n) is 2.92. The number of benzene rings is 2. The minimum atomic E-state index is -0.293. The molecule has 0 atom stereocenters. The third-order valence-electron chi connectivity index (χ3n) is 4.40. The summed E-state index contributed by atoms with van der Waals surface area (Å²) in [6.07, 6.45) is 4.91. The fourth-order valence-corrected chi connectivity index (χ4v) is 2.92. The van der Waals surface area contributed by atoms with E-state index in [0.717, 1.165) is 22.8 Å². The Balaban J connectivity index is 0.00000300. The number of nitrogens with zero attached hydrogens (tertiary/aromatic N) is 4. The molecule has 0 bridgehead atoms. The first-order valence-corrected chi connectivity index (χ1v) is 8.92. The van der Waals surface area contributed by atoms with E-state index in [2.05, 4.69) is 15.3 Å². The van der Waals surface area contributed by atoms with Crippen molar-refractivity contribution < 1.29 is 9.13 Å². The van der Waals surface area contributed by atoms with E-state index in [1.54, 1.807) is 43.5 Å². The Bertz CT molecular complexity index is 929. The Morgan fingerprint density at radius 1 is 1.21 bits per heavy atom. The highest BCUT2D eigenvalue weighted by Crippen LogP contribution is 2.15. The number of methoxy groups -OCH3 is 1. The third-order valence-corrected chi connectivity index (χ3v) is 4.40. The molecule has 0 saturated heterocycles. The number of imidazole rings is 1. The third kappa shape index (κ3) is 5.93. The second-order valence-corrected chi connectivity index (χ2v) is 6.36. The molecule has 0 aliphatic heterocycles. The minimum absolute atomic E-state index is 0. The normalized spacial score (nSPS) is 11.0. The Morgan fingerprint density at radius 2 is 1.93 bits per heavy atom. The second kappa shape index (κ2) is 10.8. The van der Waals surface area contributed by atoms with Gasteiger partial charge in [0.2, 0.25) is 0 Å². The van der Waals surface area contributed by atoms with Crippen LogP contribution in [0.2, 0.25) is 0 Å². The van der Waals surface area contributed by atoms with Crippen molar-refractivity contribution in [1.82, 2.24) is 19.8 Å². The molecule has 2 aromatic carbocycles. The molecule has 0 spiro atoms. The smallest absolute Gasteiger partial charge is 0.193 e. The van der Waals surface area contributed by atoms with Crippen molar-refractivity contribution in [3.63, 3.8) is 0 Å². The number of aromatic nitrogens is 2. The lowest BCUT2D eigenvalue weighted by Gasteiger charge is -2.22. The summed E-state index contributed by atoms with van der Waals surface area (Å²) in [5.74, 6) is 1.27. The van der Waals surface area contributed by atoms with Crippen LogP contribution in [0.15, 0.2) is 66.2 Å². The summed E-state index contributed by atoms with van der Waals surface area (Å²) >= 11 is 0. The number of aliphatic imine (C=N–C) groups is 1. The predicted octanol–water partition coefficient (Wildman–Crippen LogP) is 3.85. The molecule has 1 heterocycles. The summed E-state index contributed by atoms with van der Waals surface area (Å²) in [5.41, 5.74) is 2.45. The second-order valence-electron chi connectivity index (χ2n) is 6.36. The molecular weight excluding hydrogens is 484 g/mol. The Morgan fingerprint density at radius 3 is 2.52 bits per heavy atom. The lowest BCUT2D eigenvalue weighted by Crippen LogP contribution is -2.38. The van der Waals surface area contributed by atoms with Crippen LogP contribution in [-0.2, 0) is 13.1 Å². The quantitative estimate of drug-likeness (QED) is 0.312. The van der Waals surface area contributed by atoms with Crippen molar-refractivity contribution in [2.75, 3.05) is 21.2 Å². The Labute approximate surface area is 187 Å². The van der Waals surface area contributed by atoms with Crippen molar-refractivity contribution in [2.24, 2.45) is 4.99 Å². The first-order chi connectivity index (χ1) is 13.6. The van der Waals surface area contributed by atoms with Crippen LogP contribution in [0, 0.1) is 5.82 Å². The lowest BCUT2D eigenvalue weighted by atomic mass is 10.2. The van der Waals surface area contributed by atoms with Crippen LogP contribution in [0.5, 0.6) is 5.75 Å². The maximum atomic E-state index is 14.4. The zero-order chi connectivity index (χ0) is 19.9. The molecule has 154 valence electrons. The number of guanidine groups is 1. The van der Waals surface area contributed by atoms with Crippen LogP contribution in [0.3, 0.4) is 0 Å². The summed E-state index contributed by atoms with van der Waals surface area (Å²) in [5, 5.41) is 3.28. The van der Waals surface area contributed by atoms with Crippen molar-refractivity contribution in [3.05, 3.63) is 78.1 Å². The monoisotopic (exact) mass is 509 g/mol. The summed E-state index contributed by atoms with van der Waals surface area (Å²) in [4.78, 5) is 10.3. The highest BCUT2D eigenvalue weighted by atomic mass is 127. The number of rotatable bonds is 6. The molecule has 0 saturated carbocycles. The van der Waals surface area contributed by atoms with Gasteiger partial charge in [0.25, 0.3) is 0 Å². The van der Waals surface area contributed by atoms with Crippen LogP contribution in [0.4, 0.5) is 4.39 Å². The van der Waals surface area contributed by atoms with Crippen molar-refractivity contribution in [1.29, 1.82) is 0 Å². The zero-order valence-electron chi connectivity index (χ0n) is 16.7. The fraction of sp³-hybridized carbons (Fsp3) is 0.238. The molecule has 0 aliphatic carbocycles. The van der Waals surface area contributed by atoms with E-state index >= 15 is 0 Å². The maximum absolute atomic E-state index is 14.4. The highest BCUT2D eigenvalue weighted by Gasteiger charge is 2.09. The van der Waals surface area contributed by atoms with E-state index in [9.17, 15) is 4.39 Å². The SMILES string of the molecule is CN=C(NCc1ccc(-n2ccnc2)c(F)c1)N(C)Cc1ccc(OC)cc1.I. The van der Waals surface area contributed by atoms with E-state index < -0.39 is 0 Å². The van der Waals surface area contributed by atoms with Crippen LogP contribution in [-0.4, -0.2) is 41.6 Å². The molecule has 0 aliphatic rings. The zero-order valence-corrected chi connectivity index (χ0v) is 19.0. The molecule has 3 rings (SSSR count). The summed E-state index contributed by atoms with van der Waals surface area (Å²) in [6.45, 7) is 1.17. The lowest BCUT2D eigenvalue weighted by molar-refractivity contribution is 0.414. The molecule has 1 aromatic heterocycles. The standard InChI is InChI=1S/C21H24FN5O.HI/c1-23-21(26(2)14-16-4-7-18(28-3)8-5-16)25-13-17-6-9-20(19(22)12-17)27-11-10-24-15-27;/h4-12,15H,13-14H2,1-3H3,(H,23,25);1H. The van der Waals surface area contributed by atoms with Crippen molar-refractivity contribution in [3.8, 4) is 11.4 Å². The largest absolute Gasteiger partial charge is 0.497 e. The van der Waals surface area contributed by atoms with Crippen LogP contribution < -0.4 is 10.1 Å². The molecule has 1 N–H and O–H groups in total. The van der Waals surface area contributed by atoms with E-state index in [1.165, 1.54) is 6.07 Å². The topological polar surface area (TPSA) is 54.7 Å². The van der Waals surface area contributed by atoms with Gasteiger partial charge in [-0.3, -0.25) is 4.99 Å². The number of hydrogen-bond donors (Lipinski definition) is 1. The Hall–Kier alpha value is -2.62. The van der Waals surface area contributed by atoms with Crippen LogP contribution in [0.1, 0.15) is 11.1 Å². The number of nitrogens with one attached hydrogen (secondary N) is 1. The Kier molecular flexibility index (Phi) is 8.44. The average molecular weight is 509 g/mol. The summed E-state index contributed by atoms with van der Waals surface area (Å²) < 4.78 is 21.2. The summed E-state index contributed by atoms with van der Waals surface area (Å²) in [6, 6.07) is 13.1. The van der Waals surface area contributed by atoms with Gasteiger partial charge in [0.05, 0.1) is 19.1 Å². The average Bonchev–Trinajstić information content (AvgIpc) is 3.23. The highest BCUT2D eigenvalue weighted by molar-refractivity contribution is 14.0. The van der Waals surface area contributed by atoms with Gasteiger partial charge in [0.1, 0.15) is 11.6 Å². The molecule has 0 amide bonds. The maximum Gasteiger partial charge on any atom is 0.193 e. The first kappa shape index (κ1) is 22.7. The van der Waals surface area contributed by atoms with Crippen LogP contribution >= 0.6 is 24.0 Å². The molecule has 0 radical (unpaired) electrons. The van der Waals surface area contributed by atoms with Crippen LogP contribution in [0.25, 0.3) is 5.69 Å². The number of halogens is 2. The van der Waals surface area contributed by atoms with Gasteiger partial charge in [-0.2, -0.15) is 0 Å². The van der Waals surface area contributed by atoms with Gasteiger partial charge >= 0.3 is 0 Å². The molecule has 6 nitrogen and oxygen atoms in total. The first-order valence-electron chi connectivity index (χ1n) is 8.92. The molecule has 3 aromatic rings. The van der Waals surface area contributed by atoms with E-state index in [0.29, 0.717) is 18.8 Å². The van der Waals surface area contributed by atoms with E-state index in [1.807, 2.05) is 42.3 Å². The minimum Gasteiger partial charge on any atom is -0.497 e. The van der Waals surface area contributed by atoms with Gasteiger partial charge in [-0.15, -0.1) is 24.0 Å². The molecule has 0 unspecified atom stereocenters. The molecule has 0 fully saturated rings. The molecular formula is C21H25FIN5O. The predicted molar refractivity (Wildman–Crippen MR) is 124 cm³/mol. The van der Waals surface area contributed by atoms with Gasteiger partial charge in [-0.25, -0.2) is 9.37 Å². The molecule has 8 heteroatoms. The number of ether oxygens (including phenoxy) is 1.